The van der Waals surface area contributed by atoms with Gasteiger partial charge in [-0.1, -0.05) is 59.9 Å². The molecule has 0 spiro atoms. The first-order chi connectivity index (χ1) is 20.0. The van der Waals surface area contributed by atoms with Gasteiger partial charge in [0.2, 0.25) is 6.79 Å². The standard InChI is InChI=1S/C31H26N2O7S/c1-4-38-30(35)25-26(19-9-6-5-7-10-19)32-31-33(27(25)20-11-8-12-22(36-2)28(20)37-3)29(34)24(41-31)16-18-13-14-21-23(15-18)40-17-39-21/h5-16,27H,4,17H2,1-3H3/b24-16-/t27-/m1/s1. The molecule has 0 radical (unpaired) electrons. The van der Waals surface area contributed by atoms with Crippen LogP contribution in [0.25, 0.3) is 11.8 Å². The number of carbonyl (C=O) groups is 1. The Morgan fingerprint density at radius 2 is 1.85 bits per heavy atom. The summed E-state index contributed by atoms with van der Waals surface area (Å²) in [6, 6.07) is 19.3. The maximum absolute atomic E-state index is 14.1. The van der Waals surface area contributed by atoms with E-state index < -0.39 is 12.0 Å². The molecule has 0 bridgehead atoms. The summed E-state index contributed by atoms with van der Waals surface area (Å²) in [7, 11) is 3.06. The maximum atomic E-state index is 14.1. The smallest absolute Gasteiger partial charge is 0.338 e. The minimum Gasteiger partial charge on any atom is -0.493 e. The van der Waals surface area contributed by atoms with Crippen molar-refractivity contribution in [2.45, 2.75) is 13.0 Å². The fourth-order valence-corrected chi connectivity index (χ4v) is 6.02. The molecule has 2 aliphatic rings. The molecule has 6 rings (SSSR count). The van der Waals surface area contributed by atoms with Crippen LogP contribution in [-0.2, 0) is 9.53 Å². The zero-order chi connectivity index (χ0) is 28.5. The van der Waals surface area contributed by atoms with Crippen molar-refractivity contribution in [1.29, 1.82) is 0 Å². The number of thiazole rings is 1. The van der Waals surface area contributed by atoms with Crippen molar-refractivity contribution < 1.29 is 28.5 Å². The van der Waals surface area contributed by atoms with Crippen molar-refractivity contribution in [3.8, 4) is 23.0 Å². The summed E-state index contributed by atoms with van der Waals surface area (Å²) in [5.41, 5.74) is 2.39. The SMILES string of the molecule is CCOC(=O)C1=C(c2ccccc2)N=c2s/c(=C\c3ccc4c(c3)OCO4)c(=O)n2[C@@H]1c1cccc(OC)c1OC. The zero-order valence-corrected chi connectivity index (χ0v) is 23.4. The van der Waals surface area contributed by atoms with E-state index in [1.54, 1.807) is 25.1 Å². The van der Waals surface area contributed by atoms with Crippen LogP contribution in [-0.4, -0.2) is 38.2 Å². The molecule has 3 heterocycles. The van der Waals surface area contributed by atoms with E-state index in [0.717, 1.165) is 11.1 Å². The van der Waals surface area contributed by atoms with Crippen LogP contribution in [0.1, 0.15) is 29.7 Å². The van der Waals surface area contributed by atoms with E-state index in [2.05, 4.69) is 0 Å². The van der Waals surface area contributed by atoms with E-state index in [1.807, 2.05) is 54.6 Å². The van der Waals surface area contributed by atoms with E-state index in [1.165, 1.54) is 30.1 Å². The molecule has 1 aromatic heterocycles. The third-order valence-electron chi connectivity index (χ3n) is 6.80. The Bertz CT molecular complexity index is 1860. The predicted octanol–water partition coefficient (Wildman–Crippen LogP) is 3.68. The molecule has 0 unspecified atom stereocenters. The normalized spacial score (nSPS) is 15.8. The van der Waals surface area contributed by atoms with Crippen molar-refractivity contribution >= 4 is 29.1 Å². The van der Waals surface area contributed by atoms with Gasteiger partial charge in [0, 0.05) is 11.1 Å². The number of rotatable bonds is 7. The number of ether oxygens (including phenoxy) is 5. The highest BCUT2D eigenvalue weighted by atomic mass is 32.1. The summed E-state index contributed by atoms with van der Waals surface area (Å²) in [5, 5.41) is 0. The van der Waals surface area contributed by atoms with E-state index in [4.69, 9.17) is 28.7 Å². The van der Waals surface area contributed by atoms with Gasteiger partial charge in [0.1, 0.15) is 6.04 Å². The van der Waals surface area contributed by atoms with Gasteiger partial charge >= 0.3 is 5.97 Å². The van der Waals surface area contributed by atoms with Crippen LogP contribution >= 0.6 is 11.3 Å². The molecular weight excluding hydrogens is 544 g/mol. The first kappa shape index (κ1) is 26.4. The Kier molecular flexibility index (Phi) is 7.07. The van der Waals surface area contributed by atoms with Crippen LogP contribution in [0.2, 0.25) is 0 Å². The topological polar surface area (TPSA) is 97.6 Å². The van der Waals surface area contributed by atoms with Crippen LogP contribution in [0.3, 0.4) is 0 Å². The Morgan fingerprint density at radius 1 is 1.05 bits per heavy atom. The molecule has 0 saturated heterocycles. The lowest BCUT2D eigenvalue weighted by molar-refractivity contribution is -0.138. The molecule has 0 saturated carbocycles. The summed E-state index contributed by atoms with van der Waals surface area (Å²) in [6.45, 7) is 2.05. The molecule has 2 aliphatic heterocycles. The highest BCUT2D eigenvalue weighted by Gasteiger charge is 2.37. The summed E-state index contributed by atoms with van der Waals surface area (Å²) < 4.78 is 29.8. The molecule has 4 aromatic rings. The largest absolute Gasteiger partial charge is 0.493 e. The zero-order valence-electron chi connectivity index (χ0n) is 22.6. The quantitative estimate of drug-likeness (QED) is 0.313. The maximum Gasteiger partial charge on any atom is 0.338 e. The van der Waals surface area contributed by atoms with Crippen LogP contribution in [0.4, 0.5) is 0 Å². The summed E-state index contributed by atoms with van der Waals surface area (Å²) in [4.78, 5) is 33.1. The number of hydrogen-bond acceptors (Lipinski definition) is 9. The molecule has 3 aromatic carbocycles. The van der Waals surface area contributed by atoms with Gasteiger partial charge < -0.3 is 23.7 Å². The Labute approximate surface area is 239 Å². The Hall–Kier alpha value is -4.83. The lowest BCUT2D eigenvalue weighted by Crippen LogP contribution is -2.40. The molecule has 0 amide bonds. The lowest BCUT2D eigenvalue weighted by atomic mass is 9.92. The number of hydrogen-bond donors (Lipinski definition) is 0. The summed E-state index contributed by atoms with van der Waals surface area (Å²) >= 11 is 1.24. The van der Waals surface area contributed by atoms with Crippen molar-refractivity contribution in [3.05, 3.63) is 109 Å². The Morgan fingerprint density at radius 3 is 2.61 bits per heavy atom. The van der Waals surface area contributed by atoms with Gasteiger partial charge in [-0.2, -0.15) is 0 Å². The molecule has 0 N–H and O–H groups in total. The van der Waals surface area contributed by atoms with E-state index in [-0.39, 0.29) is 24.5 Å². The molecule has 0 fully saturated rings. The second kappa shape index (κ2) is 11.0. The molecular formula is C31H26N2O7S. The van der Waals surface area contributed by atoms with Crippen LogP contribution in [0.15, 0.2) is 82.1 Å². The third kappa shape index (κ3) is 4.66. The average Bonchev–Trinajstić information content (AvgIpc) is 3.59. The average molecular weight is 571 g/mol. The van der Waals surface area contributed by atoms with E-state index in [0.29, 0.717) is 43.6 Å². The van der Waals surface area contributed by atoms with Crippen LogP contribution < -0.4 is 33.8 Å². The Balaban J connectivity index is 1.66. The monoisotopic (exact) mass is 570 g/mol. The first-order valence-electron chi connectivity index (χ1n) is 12.9. The highest BCUT2D eigenvalue weighted by molar-refractivity contribution is 7.07. The number of fused-ring (bicyclic) bond motifs is 2. The molecule has 0 aliphatic carbocycles. The van der Waals surface area contributed by atoms with E-state index >= 15 is 0 Å². The van der Waals surface area contributed by atoms with Gasteiger partial charge in [-0.15, -0.1) is 0 Å². The predicted molar refractivity (Wildman–Crippen MR) is 153 cm³/mol. The van der Waals surface area contributed by atoms with Crippen molar-refractivity contribution in [2.24, 2.45) is 4.99 Å². The molecule has 9 nitrogen and oxygen atoms in total. The molecule has 10 heteroatoms. The van der Waals surface area contributed by atoms with E-state index in [9.17, 15) is 9.59 Å². The van der Waals surface area contributed by atoms with Gasteiger partial charge in [-0.05, 0) is 36.8 Å². The van der Waals surface area contributed by atoms with Crippen molar-refractivity contribution in [3.63, 3.8) is 0 Å². The minimum atomic E-state index is -0.899. The van der Waals surface area contributed by atoms with Crippen molar-refractivity contribution in [2.75, 3.05) is 27.6 Å². The summed E-state index contributed by atoms with van der Waals surface area (Å²) in [6.07, 6.45) is 1.78. The van der Waals surface area contributed by atoms with Gasteiger partial charge in [0.15, 0.2) is 27.8 Å². The first-order valence-corrected chi connectivity index (χ1v) is 13.7. The number of nitrogens with zero attached hydrogens (tertiary/aromatic N) is 2. The second-order valence-electron chi connectivity index (χ2n) is 9.13. The van der Waals surface area contributed by atoms with Crippen LogP contribution in [0, 0.1) is 0 Å². The fraction of sp³-hybridized carbons (Fsp3) is 0.194. The van der Waals surface area contributed by atoms with Gasteiger partial charge in [-0.3, -0.25) is 9.36 Å². The minimum absolute atomic E-state index is 0.154. The number of carbonyl (C=O) groups excluding carboxylic acids is 1. The van der Waals surface area contributed by atoms with Gasteiger partial charge in [0.25, 0.3) is 5.56 Å². The molecule has 41 heavy (non-hydrogen) atoms. The highest BCUT2D eigenvalue weighted by Crippen LogP contribution is 2.42. The van der Waals surface area contributed by atoms with Crippen LogP contribution in [0.5, 0.6) is 23.0 Å². The van der Waals surface area contributed by atoms with Gasteiger partial charge in [0.05, 0.1) is 36.6 Å². The lowest BCUT2D eigenvalue weighted by Gasteiger charge is -2.27. The number of para-hydroxylation sites is 1. The number of methoxy groups -OCH3 is 2. The summed E-state index contributed by atoms with van der Waals surface area (Å²) in [5.74, 6) is 1.56. The molecule has 208 valence electrons. The number of esters is 1. The second-order valence-corrected chi connectivity index (χ2v) is 10.1. The third-order valence-corrected chi connectivity index (χ3v) is 7.78. The van der Waals surface area contributed by atoms with Crippen molar-refractivity contribution in [1.82, 2.24) is 4.57 Å². The van der Waals surface area contributed by atoms with Gasteiger partial charge in [-0.25, -0.2) is 9.79 Å². The number of aromatic nitrogens is 1. The fourth-order valence-electron chi connectivity index (χ4n) is 5.02. The number of benzene rings is 3. The molecule has 1 atom stereocenters.